The molecule has 3 N–H and O–H groups in total. The van der Waals surface area contributed by atoms with Gasteiger partial charge in [0.1, 0.15) is 22.3 Å². The summed E-state index contributed by atoms with van der Waals surface area (Å²) in [4.78, 5) is 31.4. The molecule has 2 aromatic heterocycles. The van der Waals surface area contributed by atoms with Gasteiger partial charge in [-0.3, -0.25) is 18.9 Å². The third kappa shape index (κ3) is 3.83. The Hall–Kier alpha value is -2.02. The number of H-pyrrole nitrogens is 1. The molecule has 0 aromatic carbocycles. The number of fused-ring (bicyclic) bond motifs is 1. The number of aromatic amines is 1. The Morgan fingerprint density at radius 2 is 2.15 bits per heavy atom. The molecule has 3 heterocycles. The highest BCUT2D eigenvalue weighted by Gasteiger charge is 2.39. The number of hydrogen-bond acceptors (Lipinski definition) is 8. The van der Waals surface area contributed by atoms with Crippen molar-refractivity contribution in [2.45, 2.75) is 50.8 Å². The fraction of sp³-hybridized carbons (Fsp3) is 0.667. The van der Waals surface area contributed by atoms with Gasteiger partial charge in [0.25, 0.3) is 5.56 Å². The molecule has 0 spiro atoms. The van der Waals surface area contributed by atoms with Crippen molar-refractivity contribution in [2.24, 2.45) is 0 Å². The summed E-state index contributed by atoms with van der Waals surface area (Å²) >= 11 is 0. The highest BCUT2D eigenvalue weighted by atomic mass is 32.2. The van der Waals surface area contributed by atoms with Crippen LogP contribution in [0.1, 0.15) is 26.0 Å². The van der Waals surface area contributed by atoms with Gasteiger partial charge in [-0.1, -0.05) is 6.92 Å². The van der Waals surface area contributed by atoms with E-state index < -0.39 is 45.6 Å². The van der Waals surface area contributed by atoms with Crippen LogP contribution in [0.5, 0.6) is 0 Å². The molecule has 1 saturated heterocycles. The maximum atomic E-state index is 12.9. The first-order chi connectivity index (χ1) is 12.6. The summed E-state index contributed by atoms with van der Waals surface area (Å²) in [6.45, 7) is 1.57. The van der Waals surface area contributed by atoms with Crippen LogP contribution in [-0.4, -0.2) is 68.1 Å². The van der Waals surface area contributed by atoms with Gasteiger partial charge >= 0.3 is 5.69 Å². The number of hydrogen-bond donors (Lipinski definition) is 3. The summed E-state index contributed by atoms with van der Waals surface area (Å²) in [5, 5.41) is 20.2. The lowest BCUT2D eigenvalue weighted by Crippen LogP contribution is -2.33. The number of nitrogens with one attached hydrogen (secondary N) is 1. The van der Waals surface area contributed by atoms with E-state index in [0.29, 0.717) is 6.42 Å². The van der Waals surface area contributed by atoms with Gasteiger partial charge < -0.3 is 14.9 Å². The predicted octanol–water partition coefficient (Wildman–Crippen LogP) is -1.65. The maximum absolute atomic E-state index is 12.9. The minimum absolute atomic E-state index is 0.0207. The summed E-state index contributed by atoms with van der Waals surface area (Å²) in [7, 11) is -3.35. The van der Waals surface area contributed by atoms with Crippen LogP contribution in [0.25, 0.3) is 11.2 Å². The van der Waals surface area contributed by atoms with Gasteiger partial charge in [0.05, 0.1) is 18.0 Å². The second kappa shape index (κ2) is 7.19. The summed E-state index contributed by atoms with van der Waals surface area (Å²) in [6, 6.07) is 0. The molecular formula is C15H22N4O7S. The van der Waals surface area contributed by atoms with Crippen molar-refractivity contribution >= 4 is 21.0 Å². The molecule has 0 saturated carbocycles. The normalized spacial score (nSPS) is 24.5. The van der Waals surface area contributed by atoms with Crippen molar-refractivity contribution in [2.75, 3.05) is 12.0 Å². The van der Waals surface area contributed by atoms with E-state index in [-0.39, 0.29) is 29.9 Å². The summed E-state index contributed by atoms with van der Waals surface area (Å²) in [5.74, 6) is -0.318. The fourth-order valence-corrected chi connectivity index (χ4v) is 3.67. The van der Waals surface area contributed by atoms with Crippen molar-refractivity contribution in [3.63, 3.8) is 0 Å². The number of imidazole rings is 1. The average Bonchev–Trinajstić information content (AvgIpc) is 3.12. The Morgan fingerprint density at radius 1 is 1.44 bits per heavy atom. The molecule has 1 aliphatic heterocycles. The van der Waals surface area contributed by atoms with E-state index in [1.807, 2.05) is 0 Å². The second-order valence-corrected chi connectivity index (χ2v) is 8.97. The molecule has 0 bridgehead atoms. The summed E-state index contributed by atoms with van der Waals surface area (Å²) in [6.07, 6.45) is -0.746. The Kier molecular flexibility index (Phi) is 5.25. The maximum Gasteiger partial charge on any atom is 0.327 e. The lowest BCUT2D eigenvalue weighted by atomic mass is 10.1. The molecule has 150 valence electrons. The van der Waals surface area contributed by atoms with Crippen LogP contribution in [0.15, 0.2) is 15.9 Å². The quantitative estimate of drug-likeness (QED) is 0.519. The van der Waals surface area contributed by atoms with E-state index in [1.54, 1.807) is 6.92 Å². The molecule has 1 fully saturated rings. The Balaban J connectivity index is 2.02. The predicted molar refractivity (Wildman–Crippen MR) is 95.2 cm³/mol. The number of aliphatic hydroxyl groups is 2. The van der Waals surface area contributed by atoms with Crippen LogP contribution in [0.3, 0.4) is 0 Å². The highest BCUT2D eigenvalue weighted by molar-refractivity contribution is 7.90. The first-order valence-corrected chi connectivity index (χ1v) is 10.6. The number of aromatic nitrogens is 4. The van der Waals surface area contributed by atoms with Crippen LogP contribution in [0, 0.1) is 0 Å². The van der Waals surface area contributed by atoms with Crippen LogP contribution >= 0.6 is 0 Å². The molecule has 0 aliphatic carbocycles. The van der Waals surface area contributed by atoms with Gasteiger partial charge in [-0.25, -0.2) is 18.2 Å². The van der Waals surface area contributed by atoms with Gasteiger partial charge in [0, 0.05) is 19.2 Å². The average molecular weight is 402 g/mol. The van der Waals surface area contributed by atoms with Gasteiger partial charge in [0.15, 0.2) is 17.4 Å². The Labute approximate surface area is 154 Å². The van der Waals surface area contributed by atoms with Gasteiger partial charge in [-0.2, -0.15) is 0 Å². The summed E-state index contributed by atoms with van der Waals surface area (Å²) < 4.78 is 30.5. The fourth-order valence-electron chi connectivity index (χ4n) is 3.16. The van der Waals surface area contributed by atoms with Crippen LogP contribution in [0.2, 0.25) is 0 Å². The van der Waals surface area contributed by atoms with E-state index in [4.69, 9.17) is 4.74 Å². The van der Waals surface area contributed by atoms with Gasteiger partial charge in [-0.15, -0.1) is 0 Å². The monoisotopic (exact) mass is 402 g/mol. The second-order valence-electron chi connectivity index (χ2n) is 6.71. The molecule has 11 nitrogen and oxygen atoms in total. The molecule has 3 rings (SSSR count). The third-order valence-electron chi connectivity index (χ3n) is 4.64. The van der Waals surface area contributed by atoms with E-state index in [0.717, 1.165) is 21.7 Å². The van der Waals surface area contributed by atoms with Crippen molar-refractivity contribution in [3.05, 3.63) is 27.2 Å². The van der Waals surface area contributed by atoms with E-state index >= 15 is 0 Å². The molecule has 1 aliphatic rings. The smallest absolute Gasteiger partial charge is 0.327 e. The molecule has 0 amide bonds. The molecule has 4 atom stereocenters. The first-order valence-electron chi connectivity index (χ1n) is 8.51. The molecule has 2 aromatic rings. The van der Waals surface area contributed by atoms with E-state index in [1.165, 1.54) is 0 Å². The SMILES string of the molecule is CC[C@H](O)C1CC(O)[C@@H](n2cnc3[nH]c(=O)n(CCS(C)(=O)=O)c3c2=O)O1. The number of ether oxygens (including phenoxy) is 1. The van der Waals surface area contributed by atoms with Crippen molar-refractivity contribution in [3.8, 4) is 0 Å². The van der Waals surface area contributed by atoms with Crippen LogP contribution < -0.4 is 11.2 Å². The van der Waals surface area contributed by atoms with E-state index in [9.17, 15) is 28.2 Å². The zero-order valence-electron chi connectivity index (χ0n) is 14.9. The Morgan fingerprint density at radius 3 is 2.78 bits per heavy atom. The molecule has 2 unspecified atom stereocenters. The molecular weight excluding hydrogens is 380 g/mol. The third-order valence-corrected chi connectivity index (χ3v) is 5.56. The lowest BCUT2D eigenvalue weighted by molar-refractivity contribution is -0.0776. The zero-order chi connectivity index (χ0) is 19.9. The van der Waals surface area contributed by atoms with Gasteiger partial charge in [-0.05, 0) is 6.42 Å². The first kappa shape index (κ1) is 19.7. The topological polar surface area (TPSA) is 157 Å². The van der Waals surface area contributed by atoms with Crippen LogP contribution in [-0.2, 0) is 21.1 Å². The number of rotatable bonds is 6. The highest BCUT2D eigenvalue weighted by Crippen LogP contribution is 2.30. The standard InChI is InChI=1S/C15H22N4O7S/c1-3-8(20)10-6-9(21)14(26-10)19-7-16-12-11(13(19)22)18(15(23)17-12)4-5-27(2,24)25/h7-10,14,20-21H,3-6H2,1-2H3,(H,17,23)/t8-,9?,10?,14-/m0/s1. The number of nitrogens with zero attached hydrogens (tertiary/aromatic N) is 3. The molecule has 12 heteroatoms. The van der Waals surface area contributed by atoms with E-state index in [2.05, 4.69) is 9.97 Å². The Bertz CT molecular complexity index is 1050. The summed E-state index contributed by atoms with van der Waals surface area (Å²) in [5.41, 5.74) is -1.38. The molecule has 27 heavy (non-hydrogen) atoms. The number of aliphatic hydroxyl groups excluding tert-OH is 2. The molecule has 0 radical (unpaired) electrons. The van der Waals surface area contributed by atoms with Gasteiger partial charge in [0.2, 0.25) is 0 Å². The van der Waals surface area contributed by atoms with Crippen molar-refractivity contribution in [1.82, 2.24) is 19.1 Å². The van der Waals surface area contributed by atoms with Crippen molar-refractivity contribution < 1.29 is 23.4 Å². The zero-order valence-corrected chi connectivity index (χ0v) is 15.7. The van der Waals surface area contributed by atoms with Crippen molar-refractivity contribution in [1.29, 1.82) is 0 Å². The lowest BCUT2D eigenvalue weighted by Gasteiger charge is -2.19. The minimum Gasteiger partial charge on any atom is -0.390 e. The number of sulfone groups is 1. The largest absolute Gasteiger partial charge is 0.390 e. The number of aryl methyl sites for hydroxylation is 1. The minimum atomic E-state index is -3.35. The van der Waals surface area contributed by atoms with Crippen LogP contribution in [0.4, 0.5) is 0 Å².